The quantitative estimate of drug-likeness (QED) is 0.608. The molecule has 0 saturated carbocycles. The molecular weight excluding hydrogens is 312 g/mol. The van der Waals surface area contributed by atoms with Crippen molar-refractivity contribution in [1.29, 1.82) is 0 Å². The van der Waals surface area contributed by atoms with Gasteiger partial charge in [-0.15, -0.1) is 0 Å². The number of esters is 1. The fourth-order valence-electron chi connectivity index (χ4n) is 2.09. The summed E-state index contributed by atoms with van der Waals surface area (Å²) in [6.07, 6.45) is -1.13. The maximum Gasteiger partial charge on any atom is 0.334 e. The highest BCUT2D eigenvalue weighted by Crippen LogP contribution is 2.39. The van der Waals surface area contributed by atoms with E-state index in [0.717, 1.165) is 0 Å². The standard InChI is InChI=1S/C17H32O5Si/c1-16(2,3)21-15(20)11-9-12(18)14(19)13(10-11)22-23(7,8)17(4,5)6/h9,12-14,18-19H,10H2,1-8H3/t12-,13-,14-/m0/s1. The number of hydrogen-bond acceptors (Lipinski definition) is 5. The summed E-state index contributed by atoms with van der Waals surface area (Å²) < 4.78 is 11.6. The van der Waals surface area contributed by atoms with Crippen LogP contribution >= 0.6 is 0 Å². The summed E-state index contributed by atoms with van der Waals surface area (Å²) in [4.78, 5) is 12.2. The zero-order valence-corrected chi connectivity index (χ0v) is 16.6. The average molecular weight is 345 g/mol. The third-order valence-electron chi connectivity index (χ3n) is 4.44. The molecule has 1 aliphatic carbocycles. The first kappa shape index (κ1) is 20.4. The summed E-state index contributed by atoms with van der Waals surface area (Å²) in [6.45, 7) is 15.9. The highest BCUT2D eigenvalue weighted by molar-refractivity contribution is 6.74. The van der Waals surface area contributed by atoms with Crippen LogP contribution in [0.1, 0.15) is 48.0 Å². The summed E-state index contributed by atoms with van der Waals surface area (Å²) >= 11 is 0. The summed E-state index contributed by atoms with van der Waals surface area (Å²) in [6, 6.07) is 0. The average Bonchev–Trinajstić information content (AvgIpc) is 2.30. The van der Waals surface area contributed by atoms with Crippen LogP contribution in [0.25, 0.3) is 0 Å². The molecule has 0 aromatic carbocycles. The van der Waals surface area contributed by atoms with Crippen molar-refractivity contribution in [1.82, 2.24) is 0 Å². The Morgan fingerprint density at radius 1 is 1.17 bits per heavy atom. The van der Waals surface area contributed by atoms with Crippen molar-refractivity contribution >= 4 is 14.3 Å². The van der Waals surface area contributed by atoms with E-state index < -0.39 is 38.2 Å². The number of hydrogen-bond donors (Lipinski definition) is 2. The molecule has 6 heteroatoms. The molecular formula is C17H32O5Si. The lowest BCUT2D eigenvalue weighted by atomic mass is 9.92. The predicted octanol–water partition coefficient (Wildman–Crippen LogP) is 2.77. The highest BCUT2D eigenvalue weighted by atomic mass is 28.4. The Hall–Kier alpha value is -0.693. The van der Waals surface area contributed by atoms with Crippen molar-refractivity contribution in [3.8, 4) is 0 Å². The molecule has 134 valence electrons. The topological polar surface area (TPSA) is 76.0 Å². The van der Waals surface area contributed by atoms with Crippen LogP contribution in [0, 0.1) is 0 Å². The lowest BCUT2D eigenvalue weighted by molar-refractivity contribution is -0.151. The fraction of sp³-hybridized carbons (Fsp3) is 0.824. The van der Waals surface area contributed by atoms with E-state index in [1.54, 1.807) is 20.8 Å². The van der Waals surface area contributed by atoms with E-state index in [0.29, 0.717) is 5.57 Å². The maximum absolute atomic E-state index is 12.2. The molecule has 0 saturated heterocycles. The smallest absolute Gasteiger partial charge is 0.334 e. The Morgan fingerprint density at radius 2 is 1.70 bits per heavy atom. The van der Waals surface area contributed by atoms with Gasteiger partial charge in [0.1, 0.15) is 17.8 Å². The number of carbonyl (C=O) groups is 1. The van der Waals surface area contributed by atoms with Crippen LogP contribution in [0.4, 0.5) is 0 Å². The van der Waals surface area contributed by atoms with Crippen LogP contribution in [-0.2, 0) is 14.0 Å². The fourth-order valence-corrected chi connectivity index (χ4v) is 3.42. The van der Waals surface area contributed by atoms with Crippen molar-refractivity contribution in [2.75, 3.05) is 0 Å². The molecule has 1 aliphatic rings. The van der Waals surface area contributed by atoms with E-state index in [2.05, 4.69) is 33.9 Å². The summed E-state index contributed by atoms with van der Waals surface area (Å²) in [5.41, 5.74) is -0.240. The molecule has 2 N–H and O–H groups in total. The zero-order chi connectivity index (χ0) is 18.2. The van der Waals surface area contributed by atoms with Gasteiger partial charge in [-0.05, 0) is 45.0 Å². The predicted molar refractivity (Wildman–Crippen MR) is 92.6 cm³/mol. The Labute approximate surface area is 140 Å². The van der Waals surface area contributed by atoms with Crippen molar-refractivity contribution in [2.45, 2.75) is 90.0 Å². The van der Waals surface area contributed by atoms with Crippen LogP contribution in [0.2, 0.25) is 18.1 Å². The number of rotatable bonds is 3. The third kappa shape index (κ3) is 5.41. The Bertz CT molecular complexity index is 470. The Kier molecular flexibility index (Phi) is 5.90. The van der Waals surface area contributed by atoms with Gasteiger partial charge in [0.2, 0.25) is 0 Å². The second-order valence-corrected chi connectivity index (χ2v) is 13.6. The third-order valence-corrected chi connectivity index (χ3v) is 8.94. The molecule has 1 rings (SSSR count). The Balaban J connectivity index is 2.93. The molecule has 5 nitrogen and oxygen atoms in total. The largest absolute Gasteiger partial charge is 0.457 e. The van der Waals surface area contributed by atoms with Crippen LogP contribution in [0.5, 0.6) is 0 Å². The van der Waals surface area contributed by atoms with Crippen LogP contribution in [0.3, 0.4) is 0 Å². The molecule has 0 radical (unpaired) electrons. The second kappa shape index (κ2) is 6.67. The molecule has 0 bridgehead atoms. The zero-order valence-electron chi connectivity index (χ0n) is 15.6. The molecule has 0 unspecified atom stereocenters. The minimum absolute atomic E-state index is 0.0229. The molecule has 0 aromatic heterocycles. The number of aliphatic hydroxyl groups excluding tert-OH is 2. The molecule has 3 atom stereocenters. The van der Waals surface area contributed by atoms with Gasteiger partial charge in [0.25, 0.3) is 0 Å². The second-order valence-electron chi connectivity index (χ2n) is 8.80. The van der Waals surface area contributed by atoms with E-state index in [9.17, 15) is 15.0 Å². The van der Waals surface area contributed by atoms with E-state index in [-0.39, 0.29) is 11.5 Å². The summed E-state index contributed by atoms with van der Waals surface area (Å²) in [5.74, 6) is -0.465. The van der Waals surface area contributed by atoms with Gasteiger partial charge in [0.15, 0.2) is 8.32 Å². The van der Waals surface area contributed by atoms with E-state index in [4.69, 9.17) is 9.16 Å². The van der Waals surface area contributed by atoms with E-state index in [1.165, 1.54) is 6.08 Å². The van der Waals surface area contributed by atoms with Crippen LogP contribution in [0.15, 0.2) is 11.6 Å². The first-order valence-electron chi connectivity index (χ1n) is 8.12. The molecule has 0 amide bonds. The van der Waals surface area contributed by atoms with Gasteiger partial charge in [-0.2, -0.15) is 0 Å². The number of carbonyl (C=O) groups excluding carboxylic acids is 1. The van der Waals surface area contributed by atoms with Gasteiger partial charge in [-0.1, -0.05) is 20.8 Å². The number of ether oxygens (including phenoxy) is 1. The summed E-state index contributed by atoms with van der Waals surface area (Å²) in [7, 11) is -2.13. The minimum Gasteiger partial charge on any atom is -0.457 e. The van der Waals surface area contributed by atoms with Crippen LogP contribution < -0.4 is 0 Å². The van der Waals surface area contributed by atoms with Gasteiger partial charge in [-0.3, -0.25) is 0 Å². The molecule has 23 heavy (non-hydrogen) atoms. The normalized spacial score (nSPS) is 26.7. The van der Waals surface area contributed by atoms with E-state index in [1.807, 2.05) is 0 Å². The van der Waals surface area contributed by atoms with E-state index >= 15 is 0 Å². The van der Waals surface area contributed by atoms with Crippen molar-refractivity contribution in [3.63, 3.8) is 0 Å². The number of aliphatic hydroxyl groups is 2. The van der Waals surface area contributed by atoms with Crippen molar-refractivity contribution < 1.29 is 24.2 Å². The van der Waals surface area contributed by atoms with Gasteiger partial charge < -0.3 is 19.4 Å². The lowest BCUT2D eigenvalue weighted by Crippen LogP contribution is -2.51. The molecule has 0 fully saturated rings. The molecule has 0 heterocycles. The molecule has 0 aliphatic heterocycles. The molecule has 0 aromatic rings. The first-order chi connectivity index (χ1) is 10.1. The minimum atomic E-state index is -2.13. The van der Waals surface area contributed by atoms with Crippen molar-refractivity contribution in [3.05, 3.63) is 11.6 Å². The van der Waals surface area contributed by atoms with Gasteiger partial charge >= 0.3 is 5.97 Å². The van der Waals surface area contributed by atoms with Crippen LogP contribution in [-0.4, -0.2) is 48.4 Å². The Morgan fingerprint density at radius 3 is 2.13 bits per heavy atom. The maximum atomic E-state index is 12.2. The monoisotopic (exact) mass is 344 g/mol. The lowest BCUT2D eigenvalue weighted by Gasteiger charge is -2.42. The van der Waals surface area contributed by atoms with Crippen molar-refractivity contribution in [2.24, 2.45) is 0 Å². The first-order valence-corrected chi connectivity index (χ1v) is 11.0. The molecule has 0 spiro atoms. The summed E-state index contributed by atoms with van der Waals surface area (Å²) in [5, 5.41) is 20.3. The van der Waals surface area contributed by atoms with Gasteiger partial charge in [-0.25, -0.2) is 4.79 Å². The van der Waals surface area contributed by atoms with Gasteiger partial charge in [0.05, 0.1) is 6.10 Å². The highest BCUT2D eigenvalue weighted by Gasteiger charge is 2.43. The van der Waals surface area contributed by atoms with Gasteiger partial charge in [0, 0.05) is 12.0 Å². The SMILES string of the molecule is CC(C)(C)OC(=O)C1=C[C@H](O)[C@H](O)[C@@H](O[Si](C)(C)C(C)(C)C)C1.